The fourth-order valence-corrected chi connectivity index (χ4v) is 2.72. The summed E-state index contributed by atoms with van der Waals surface area (Å²) in [7, 11) is 0. The highest BCUT2D eigenvalue weighted by Gasteiger charge is 2.16. The first kappa shape index (κ1) is 18.6. The number of hydrogen-bond donors (Lipinski definition) is 2. The van der Waals surface area contributed by atoms with E-state index in [4.69, 9.17) is 9.84 Å². The van der Waals surface area contributed by atoms with E-state index >= 15 is 0 Å². The van der Waals surface area contributed by atoms with Crippen molar-refractivity contribution >= 4 is 11.6 Å². The minimum Gasteiger partial charge on any atom is -0.491 e. The van der Waals surface area contributed by atoms with E-state index in [1.54, 1.807) is 41.9 Å². The van der Waals surface area contributed by atoms with Gasteiger partial charge in [0.1, 0.15) is 18.2 Å². The third kappa shape index (κ3) is 4.15. The van der Waals surface area contributed by atoms with Crippen LogP contribution in [-0.4, -0.2) is 34.0 Å². The Morgan fingerprint density at radius 1 is 1.22 bits per heavy atom. The molecule has 1 amide bonds. The summed E-state index contributed by atoms with van der Waals surface area (Å²) >= 11 is 0. The summed E-state index contributed by atoms with van der Waals surface area (Å²) in [5.41, 5.74) is 3.23. The highest BCUT2D eigenvalue weighted by atomic mass is 19.1. The molecule has 0 bridgehead atoms. The first-order valence-electron chi connectivity index (χ1n) is 8.46. The number of anilines is 1. The van der Waals surface area contributed by atoms with E-state index in [0.29, 0.717) is 28.4 Å². The number of hydrogen-bond acceptors (Lipinski definition) is 4. The van der Waals surface area contributed by atoms with E-state index in [9.17, 15) is 9.18 Å². The van der Waals surface area contributed by atoms with Crippen LogP contribution in [0.1, 0.15) is 21.6 Å². The number of nitrogens with zero attached hydrogens (tertiary/aromatic N) is 2. The van der Waals surface area contributed by atoms with Crippen LogP contribution in [0.4, 0.5) is 10.1 Å². The number of rotatable bonds is 6. The molecule has 7 heteroatoms. The Morgan fingerprint density at radius 3 is 2.63 bits per heavy atom. The molecule has 1 heterocycles. The van der Waals surface area contributed by atoms with E-state index in [-0.39, 0.29) is 24.9 Å². The normalized spacial score (nSPS) is 10.7. The maximum atomic E-state index is 13.1. The second-order valence-electron chi connectivity index (χ2n) is 6.04. The van der Waals surface area contributed by atoms with Gasteiger partial charge in [-0.1, -0.05) is 0 Å². The minimum atomic E-state index is -0.330. The third-order valence-corrected chi connectivity index (χ3v) is 4.11. The molecule has 0 saturated carbocycles. The largest absolute Gasteiger partial charge is 0.491 e. The van der Waals surface area contributed by atoms with Gasteiger partial charge >= 0.3 is 0 Å². The molecular weight excluding hydrogens is 349 g/mol. The van der Waals surface area contributed by atoms with Gasteiger partial charge in [-0.05, 0) is 61.9 Å². The summed E-state index contributed by atoms with van der Waals surface area (Å²) < 4.78 is 20.1. The zero-order valence-corrected chi connectivity index (χ0v) is 15.1. The van der Waals surface area contributed by atoms with Crippen LogP contribution in [0.15, 0.2) is 48.7 Å². The summed E-state index contributed by atoms with van der Waals surface area (Å²) in [5, 5.41) is 15.9. The summed E-state index contributed by atoms with van der Waals surface area (Å²) in [5.74, 6) is 0.0370. The molecule has 0 unspecified atom stereocenters. The Hall–Kier alpha value is -3.19. The first-order valence-corrected chi connectivity index (χ1v) is 8.46. The van der Waals surface area contributed by atoms with Gasteiger partial charge in [0.2, 0.25) is 0 Å². The highest BCUT2D eigenvalue weighted by molar-refractivity contribution is 6.05. The van der Waals surface area contributed by atoms with Crippen molar-refractivity contribution in [2.24, 2.45) is 0 Å². The number of carbonyl (C=O) groups is 1. The lowest BCUT2D eigenvalue weighted by Crippen LogP contribution is -2.13. The lowest BCUT2D eigenvalue weighted by Gasteiger charge is -2.11. The van der Waals surface area contributed by atoms with E-state index < -0.39 is 0 Å². The van der Waals surface area contributed by atoms with Gasteiger partial charge in [0.15, 0.2) is 0 Å². The van der Waals surface area contributed by atoms with Crippen molar-refractivity contribution in [2.75, 3.05) is 18.5 Å². The number of benzene rings is 2. The van der Waals surface area contributed by atoms with Gasteiger partial charge in [0, 0.05) is 5.69 Å². The molecule has 0 radical (unpaired) electrons. The predicted molar refractivity (Wildman–Crippen MR) is 100.0 cm³/mol. The Labute approximate surface area is 156 Å². The molecule has 0 spiro atoms. The topological polar surface area (TPSA) is 76.4 Å². The number of halogens is 1. The summed E-state index contributed by atoms with van der Waals surface area (Å²) in [4.78, 5) is 12.6. The van der Waals surface area contributed by atoms with Gasteiger partial charge in [0.25, 0.3) is 5.91 Å². The van der Waals surface area contributed by atoms with Crippen molar-refractivity contribution in [3.8, 4) is 11.4 Å². The Balaban J connectivity index is 1.77. The van der Waals surface area contributed by atoms with Gasteiger partial charge in [-0.25, -0.2) is 9.07 Å². The molecule has 2 aromatic carbocycles. The lowest BCUT2D eigenvalue weighted by molar-refractivity contribution is 0.102. The van der Waals surface area contributed by atoms with Crippen LogP contribution >= 0.6 is 0 Å². The van der Waals surface area contributed by atoms with E-state index in [2.05, 4.69) is 10.4 Å². The van der Waals surface area contributed by atoms with Crippen LogP contribution in [0.2, 0.25) is 0 Å². The maximum absolute atomic E-state index is 13.1. The number of ether oxygens (including phenoxy) is 1. The van der Waals surface area contributed by atoms with Crippen molar-refractivity contribution in [3.63, 3.8) is 0 Å². The van der Waals surface area contributed by atoms with Crippen molar-refractivity contribution in [1.82, 2.24) is 9.78 Å². The maximum Gasteiger partial charge on any atom is 0.259 e. The second kappa shape index (κ2) is 8.01. The average Bonchev–Trinajstić information content (AvgIpc) is 3.03. The minimum absolute atomic E-state index is 0.0603. The van der Waals surface area contributed by atoms with Crippen LogP contribution in [-0.2, 0) is 0 Å². The van der Waals surface area contributed by atoms with Crippen LogP contribution in [0.3, 0.4) is 0 Å². The lowest BCUT2D eigenvalue weighted by atomic mass is 10.2. The van der Waals surface area contributed by atoms with Gasteiger partial charge in [-0.15, -0.1) is 0 Å². The van der Waals surface area contributed by atoms with Crippen molar-refractivity contribution in [3.05, 3.63) is 71.3 Å². The molecule has 1 aromatic heterocycles. The molecule has 0 aliphatic heterocycles. The second-order valence-corrected chi connectivity index (χ2v) is 6.04. The van der Waals surface area contributed by atoms with Crippen LogP contribution < -0.4 is 10.1 Å². The number of aromatic nitrogens is 2. The van der Waals surface area contributed by atoms with E-state index in [1.165, 1.54) is 18.3 Å². The molecule has 0 aliphatic rings. The highest BCUT2D eigenvalue weighted by Crippen LogP contribution is 2.23. The van der Waals surface area contributed by atoms with Crippen molar-refractivity contribution in [2.45, 2.75) is 13.8 Å². The van der Waals surface area contributed by atoms with E-state index in [1.807, 2.05) is 6.92 Å². The standard InChI is InChI=1S/C20H20FN3O3/c1-13-11-16(5-8-19(13)27-10-9-25)23-20(26)18-12-22-24(14(18)2)17-6-3-15(21)4-7-17/h3-8,11-12,25H,9-10H2,1-2H3,(H,23,26). The Kier molecular flexibility index (Phi) is 5.52. The van der Waals surface area contributed by atoms with Crippen LogP contribution in [0, 0.1) is 19.7 Å². The molecular formula is C20H20FN3O3. The molecule has 3 rings (SSSR count). The molecule has 27 heavy (non-hydrogen) atoms. The number of aliphatic hydroxyl groups excluding tert-OH is 1. The third-order valence-electron chi connectivity index (χ3n) is 4.11. The Morgan fingerprint density at radius 2 is 1.96 bits per heavy atom. The molecule has 3 aromatic rings. The molecule has 2 N–H and O–H groups in total. The molecule has 140 valence electrons. The number of aliphatic hydroxyl groups is 1. The average molecular weight is 369 g/mol. The predicted octanol–water partition coefficient (Wildman–Crippen LogP) is 3.25. The molecule has 6 nitrogen and oxygen atoms in total. The smallest absolute Gasteiger partial charge is 0.259 e. The van der Waals surface area contributed by atoms with Crippen molar-refractivity contribution < 1.29 is 19.0 Å². The number of carbonyl (C=O) groups excluding carboxylic acids is 1. The fourth-order valence-electron chi connectivity index (χ4n) is 2.72. The quantitative estimate of drug-likeness (QED) is 0.699. The zero-order chi connectivity index (χ0) is 19.4. The molecule has 0 atom stereocenters. The Bertz CT molecular complexity index is 952. The fraction of sp³-hybridized carbons (Fsp3) is 0.200. The number of amides is 1. The SMILES string of the molecule is Cc1cc(NC(=O)c2cnn(-c3ccc(F)cc3)c2C)ccc1OCCO. The van der Waals surface area contributed by atoms with E-state index in [0.717, 1.165) is 5.56 Å². The molecule has 0 aliphatic carbocycles. The molecule has 0 fully saturated rings. The van der Waals surface area contributed by atoms with Crippen LogP contribution in [0.5, 0.6) is 5.75 Å². The number of nitrogens with one attached hydrogen (secondary N) is 1. The number of aryl methyl sites for hydroxylation is 1. The first-order chi connectivity index (χ1) is 13.0. The summed E-state index contributed by atoms with van der Waals surface area (Å²) in [6, 6.07) is 11.2. The van der Waals surface area contributed by atoms with Gasteiger partial charge in [-0.3, -0.25) is 4.79 Å². The summed E-state index contributed by atoms with van der Waals surface area (Å²) in [6.07, 6.45) is 1.49. The van der Waals surface area contributed by atoms with Crippen molar-refractivity contribution in [1.29, 1.82) is 0 Å². The van der Waals surface area contributed by atoms with Gasteiger partial charge in [-0.2, -0.15) is 5.10 Å². The molecule has 0 saturated heterocycles. The summed E-state index contributed by atoms with van der Waals surface area (Å²) in [6.45, 7) is 3.80. The van der Waals surface area contributed by atoms with Gasteiger partial charge in [0.05, 0.1) is 29.7 Å². The monoisotopic (exact) mass is 369 g/mol. The van der Waals surface area contributed by atoms with Gasteiger partial charge < -0.3 is 15.2 Å². The van der Waals surface area contributed by atoms with Crippen LogP contribution in [0.25, 0.3) is 5.69 Å². The zero-order valence-electron chi connectivity index (χ0n) is 15.1.